The maximum absolute atomic E-state index is 11.2. The second-order valence-electron chi connectivity index (χ2n) is 6.37. The first-order valence-electron chi connectivity index (χ1n) is 8.18. The molecule has 0 amide bonds. The first-order chi connectivity index (χ1) is 11.1. The van der Waals surface area contributed by atoms with E-state index in [1.807, 2.05) is 43.7 Å². The van der Waals surface area contributed by atoms with Gasteiger partial charge in [-0.1, -0.05) is 12.1 Å². The Bertz CT molecular complexity index is 608. The summed E-state index contributed by atoms with van der Waals surface area (Å²) in [4.78, 5) is 6.48. The van der Waals surface area contributed by atoms with Gasteiger partial charge in [0.15, 0.2) is 0 Å². The second-order valence-corrected chi connectivity index (χ2v) is 6.37. The van der Waals surface area contributed by atoms with Crippen LogP contribution in [0.25, 0.3) is 0 Å². The lowest BCUT2D eigenvalue weighted by Gasteiger charge is -2.37. The summed E-state index contributed by atoms with van der Waals surface area (Å²) in [6.07, 6.45) is 7.76. The summed E-state index contributed by atoms with van der Waals surface area (Å²) < 4.78 is 7.29. The highest BCUT2D eigenvalue weighted by Crippen LogP contribution is 2.35. The summed E-state index contributed by atoms with van der Waals surface area (Å²) >= 11 is 0. The molecule has 5 nitrogen and oxygen atoms in total. The van der Waals surface area contributed by atoms with Gasteiger partial charge < -0.3 is 14.4 Å². The van der Waals surface area contributed by atoms with Gasteiger partial charge in [0.25, 0.3) is 0 Å². The molecule has 2 heterocycles. The molecule has 3 rings (SSSR count). The van der Waals surface area contributed by atoms with E-state index in [0.29, 0.717) is 0 Å². The number of imidazole rings is 1. The van der Waals surface area contributed by atoms with Gasteiger partial charge in [-0.3, -0.25) is 4.90 Å². The zero-order chi connectivity index (χ0) is 16.3. The smallest absolute Gasteiger partial charge is 0.118 e. The van der Waals surface area contributed by atoms with E-state index < -0.39 is 5.60 Å². The number of likely N-dealkylation sites (tertiary alicyclic amines) is 1. The minimum Gasteiger partial charge on any atom is -0.497 e. The fourth-order valence-electron chi connectivity index (χ4n) is 3.51. The van der Waals surface area contributed by atoms with Crippen LogP contribution in [0.3, 0.4) is 0 Å². The Labute approximate surface area is 137 Å². The van der Waals surface area contributed by atoms with Crippen LogP contribution in [0.2, 0.25) is 0 Å². The highest BCUT2D eigenvalue weighted by atomic mass is 16.5. The molecular formula is C18H25N3O2. The Balaban J connectivity index is 1.71. The molecule has 2 aromatic rings. The van der Waals surface area contributed by atoms with Gasteiger partial charge in [-0.15, -0.1) is 0 Å². The zero-order valence-corrected chi connectivity index (χ0v) is 13.9. The lowest BCUT2D eigenvalue weighted by atomic mass is 9.86. The molecule has 0 bridgehead atoms. The summed E-state index contributed by atoms with van der Waals surface area (Å²) in [7, 11) is 1.65. The summed E-state index contributed by atoms with van der Waals surface area (Å²) in [5, 5.41) is 11.2. The highest BCUT2D eigenvalue weighted by molar-refractivity contribution is 5.31. The van der Waals surface area contributed by atoms with Crippen molar-refractivity contribution in [2.24, 2.45) is 0 Å². The molecule has 0 saturated carbocycles. The van der Waals surface area contributed by atoms with Crippen molar-refractivity contribution >= 4 is 0 Å². The first-order valence-corrected chi connectivity index (χ1v) is 8.18. The molecule has 1 fully saturated rings. The van der Waals surface area contributed by atoms with E-state index in [0.717, 1.165) is 43.8 Å². The molecule has 0 spiro atoms. The first kappa shape index (κ1) is 16.0. The summed E-state index contributed by atoms with van der Waals surface area (Å²) in [6, 6.07) is 7.89. The summed E-state index contributed by atoms with van der Waals surface area (Å²) in [6.45, 7) is 4.78. The monoisotopic (exact) mass is 315 g/mol. The van der Waals surface area contributed by atoms with Crippen LogP contribution < -0.4 is 4.74 Å². The molecule has 0 aliphatic carbocycles. The Hall–Kier alpha value is -1.85. The summed E-state index contributed by atoms with van der Waals surface area (Å²) in [5.41, 5.74) is 0.0791. The van der Waals surface area contributed by atoms with Crippen molar-refractivity contribution in [3.05, 3.63) is 48.5 Å². The predicted octanol–water partition coefficient (Wildman–Crippen LogP) is 2.26. The number of nitrogens with zero attached hydrogens (tertiary/aromatic N) is 3. The SMILES string of the molecule is COc1ccc([C@@](C)(O)[C@H]2CCCN2CCn2ccnc2)cc1. The van der Waals surface area contributed by atoms with Crippen molar-refractivity contribution in [2.75, 3.05) is 20.2 Å². The van der Waals surface area contributed by atoms with Gasteiger partial charge in [0.2, 0.25) is 0 Å². The minimum absolute atomic E-state index is 0.138. The van der Waals surface area contributed by atoms with Crippen LogP contribution in [0, 0.1) is 0 Å². The molecule has 1 aliphatic rings. The molecule has 5 heteroatoms. The normalized spacial score (nSPS) is 21.3. The molecule has 1 aromatic heterocycles. The van der Waals surface area contributed by atoms with Crippen molar-refractivity contribution in [1.82, 2.24) is 14.5 Å². The van der Waals surface area contributed by atoms with E-state index >= 15 is 0 Å². The van der Waals surface area contributed by atoms with Gasteiger partial charge in [-0.25, -0.2) is 4.98 Å². The van der Waals surface area contributed by atoms with Gasteiger partial charge in [0, 0.05) is 31.5 Å². The van der Waals surface area contributed by atoms with Crippen LogP contribution >= 0.6 is 0 Å². The largest absolute Gasteiger partial charge is 0.497 e. The minimum atomic E-state index is -0.863. The topological polar surface area (TPSA) is 50.5 Å². The van der Waals surface area contributed by atoms with Crippen molar-refractivity contribution in [2.45, 2.75) is 38.0 Å². The maximum atomic E-state index is 11.2. The third kappa shape index (κ3) is 3.41. The Morgan fingerprint density at radius 3 is 2.74 bits per heavy atom. The van der Waals surface area contributed by atoms with E-state index in [-0.39, 0.29) is 6.04 Å². The number of hydrogen-bond acceptors (Lipinski definition) is 4. The molecule has 23 heavy (non-hydrogen) atoms. The van der Waals surface area contributed by atoms with E-state index in [4.69, 9.17) is 4.74 Å². The number of benzene rings is 1. The number of rotatable bonds is 6. The standard InChI is InChI=1S/C18H25N3O2/c1-18(22,15-5-7-16(23-2)8-6-15)17-4-3-10-21(17)13-12-20-11-9-19-14-20/h5-9,11,14,17,22H,3-4,10,12-13H2,1-2H3/t17-,18-/m1/s1. The van der Waals surface area contributed by atoms with Crippen molar-refractivity contribution in [3.8, 4) is 5.75 Å². The van der Waals surface area contributed by atoms with Gasteiger partial charge in [-0.2, -0.15) is 0 Å². The molecule has 1 aliphatic heterocycles. The van der Waals surface area contributed by atoms with Crippen molar-refractivity contribution in [3.63, 3.8) is 0 Å². The fraction of sp³-hybridized carbons (Fsp3) is 0.500. The molecule has 1 N–H and O–H groups in total. The lowest BCUT2D eigenvalue weighted by molar-refractivity contribution is -0.0237. The van der Waals surface area contributed by atoms with Crippen LogP contribution in [-0.2, 0) is 12.1 Å². The molecule has 2 atom stereocenters. The predicted molar refractivity (Wildman–Crippen MR) is 89.4 cm³/mol. The van der Waals surface area contributed by atoms with Gasteiger partial charge >= 0.3 is 0 Å². The van der Waals surface area contributed by atoms with Gasteiger partial charge in [0.1, 0.15) is 11.4 Å². The van der Waals surface area contributed by atoms with Crippen LogP contribution in [0.1, 0.15) is 25.3 Å². The second kappa shape index (κ2) is 6.72. The number of hydrogen-bond donors (Lipinski definition) is 1. The average molecular weight is 315 g/mol. The lowest BCUT2D eigenvalue weighted by Crippen LogP contribution is -2.46. The molecule has 0 unspecified atom stereocenters. The van der Waals surface area contributed by atoms with Crippen LogP contribution in [0.5, 0.6) is 5.75 Å². The fourth-order valence-corrected chi connectivity index (χ4v) is 3.51. The quantitative estimate of drug-likeness (QED) is 0.888. The maximum Gasteiger partial charge on any atom is 0.118 e. The number of aliphatic hydroxyl groups is 1. The molecule has 1 aromatic carbocycles. The van der Waals surface area contributed by atoms with Crippen molar-refractivity contribution in [1.29, 1.82) is 0 Å². The molecular weight excluding hydrogens is 290 g/mol. The van der Waals surface area contributed by atoms with Crippen LogP contribution in [0.4, 0.5) is 0 Å². The Kier molecular flexibility index (Phi) is 4.68. The molecule has 124 valence electrons. The number of methoxy groups -OCH3 is 1. The highest BCUT2D eigenvalue weighted by Gasteiger charge is 2.40. The third-order valence-electron chi connectivity index (χ3n) is 4.89. The molecule has 1 saturated heterocycles. The summed E-state index contributed by atoms with van der Waals surface area (Å²) in [5.74, 6) is 0.813. The van der Waals surface area contributed by atoms with E-state index in [9.17, 15) is 5.11 Å². The Morgan fingerprint density at radius 2 is 2.09 bits per heavy atom. The zero-order valence-electron chi connectivity index (χ0n) is 13.9. The van der Waals surface area contributed by atoms with E-state index in [1.165, 1.54) is 0 Å². The van der Waals surface area contributed by atoms with Crippen LogP contribution in [-0.4, -0.2) is 45.8 Å². The average Bonchev–Trinajstić information content (AvgIpc) is 3.24. The van der Waals surface area contributed by atoms with E-state index in [1.54, 1.807) is 13.3 Å². The number of aromatic nitrogens is 2. The van der Waals surface area contributed by atoms with Gasteiger partial charge in [-0.05, 0) is 44.0 Å². The third-order valence-corrected chi connectivity index (χ3v) is 4.89. The van der Waals surface area contributed by atoms with Gasteiger partial charge in [0.05, 0.1) is 13.4 Å². The van der Waals surface area contributed by atoms with Crippen LogP contribution in [0.15, 0.2) is 43.0 Å². The van der Waals surface area contributed by atoms with E-state index in [2.05, 4.69) is 14.5 Å². The molecule has 0 radical (unpaired) electrons. The van der Waals surface area contributed by atoms with Crippen molar-refractivity contribution < 1.29 is 9.84 Å². The number of ether oxygens (including phenoxy) is 1. The Morgan fingerprint density at radius 1 is 1.30 bits per heavy atom.